The Hall–Kier alpha value is -3.04. The third-order valence-electron chi connectivity index (χ3n) is 6.74. The number of fused-ring (bicyclic) bond motifs is 6. The molecule has 10 heteroatoms. The Kier molecular flexibility index (Phi) is 6.60. The van der Waals surface area contributed by atoms with E-state index in [1.54, 1.807) is 0 Å². The lowest BCUT2D eigenvalue weighted by Crippen LogP contribution is -2.35. The van der Waals surface area contributed by atoms with Gasteiger partial charge in [0.15, 0.2) is 11.5 Å². The lowest BCUT2D eigenvalue weighted by Gasteiger charge is -2.35. The van der Waals surface area contributed by atoms with Crippen LogP contribution >= 0.6 is 23.2 Å². The van der Waals surface area contributed by atoms with Gasteiger partial charge < -0.3 is 9.47 Å². The second-order valence-corrected chi connectivity index (χ2v) is 10.4. The lowest BCUT2D eigenvalue weighted by atomic mass is 9.98. The van der Waals surface area contributed by atoms with Crippen molar-refractivity contribution in [3.8, 4) is 11.5 Å². The van der Waals surface area contributed by atoms with Crippen LogP contribution in [0, 0.1) is 0 Å². The second kappa shape index (κ2) is 9.93. The number of rotatable bonds is 4. The van der Waals surface area contributed by atoms with Gasteiger partial charge in [-0.2, -0.15) is 13.2 Å². The zero-order valence-electron chi connectivity index (χ0n) is 20.1. The molecule has 0 saturated carbocycles. The molecule has 0 spiro atoms. The minimum absolute atomic E-state index is 0.268. The maximum Gasteiger partial charge on any atom is 0.433 e. The number of pyridine rings is 1. The molecule has 0 N–H and O–H groups in total. The smallest absolute Gasteiger partial charge is 0.433 e. The summed E-state index contributed by atoms with van der Waals surface area (Å²) in [6.07, 6.45) is -4.56. The van der Waals surface area contributed by atoms with Gasteiger partial charge in [0, 0.05) is 52.7 Å². The van der Waals surface area contributed by atoms with E-state index in [9.17, 15) is 13.2 Å². The van der Waals surface area contributed by atoms with E-state index in [2.05, 4.69) is 9.88 Å². The van der Waals surface area contributed by atoms with Crippen molar-refractivity contribution in [2.45, 2.75) is 32.4 Å². The molecule has 0 aliphatic carbocycles. The number of nitrogens with zero attached hydrogens (tertiary/aromatic N) is 3. The van der Waals surface area contributed by atoms with Gasteiger partial charge in [-0.1, -0.05) is 53.5 Å². The first-order valence-electron chi connectivity index (χ1n) is 12.0. The second-order valence-electron chi connectivity index (χ2n) is 9.48. The predicted octanol–water partition coefficient (Wildman–Crippen LogP) is 7.26. The van der Waals surface area contributed by atoms with Crippen molar-refractivity contribution >= 4 is 34.1 Å². The van der Waals surface area contributed by atoms with Crippen LogP contribution in [0.1, 0.15) is 27.9 Å². The Balaban J connectivity index is 1.38. The van der Waals surface area contributed by atoms with E-state index in [4.69, 9.17) is 32.7 Å². The highest BCUT2D eigenvalue weighted by atomic mass is 35.5. The molecule has 0 bridgehead atoms. The summed E-state index contributed by atoms with van der Waals surface area (Å²) in [7, 11) is 0. The fourth-order valence-electron chi connectivity index (χ4n) is 4.95. The van der Waals surface area contributed by atoms with Crippen LogP contribution in [0.15, 0.2) is 60.7 Å². The normalized spacial score (nSPS) is 16.0. The first kappa shape index (κ1) is 25.2. The van der Waals surface area contributed by atoms with E-state index in [1.165, 1.54) is 6.07 Å². The molecule has 2 aliphatic heterocycles. The average molecular weight is 560 g/mol. The topological polar surface area (TPSA) is 37.8 Å². The van der Waals surface area contributed by atoms with Crippen molar-refractivity contribution < 1.29 is 22.6 Å². The van der Waals surface area contributed by atoms with Gasteiger partial charge in [0.25, 0.3) is 0 Å². The molecule has 0 unspecified atom stereocenters. The molecule has 0 fully saturated rings. The molecule has 38 heavy (non-hydrogen) atoms. The fraction of sp³-hybridized carbons (Fsp3) is 0.250. The summed E-state index contributed by atoms with van der Waals surface area (Å²) in [5, 5.41) is 1.92. The molecule has 4 aromatic rings. The number of halogens is 5. The number of hydrogen-bond donors (Lipinski definition) is 0. The summed E-state index contributed by atoms with van der Waals surface area (Å²) in [6, 6.07) is 17.5. The summed E-state index contributed by atoms with van der Waals surface area (Å²) >= 11 is 12.0. The molecule has 1 aromatic heterocycles. The van der Waals surface area contributed by atoms with Crippen LogP contribution < -0.4 is 9.47 Å². The minimum Gasteiger partial charge on any atom is -0.474 e. The zero-order valence-corrected chi connectivity index (χ0v) is 21.6. The van der Waals surface area contributed by atoms with Crippen molar-refractivity contribution in [2.24, 2.45) is 0 Å². The largest absolute Gasteiger partial charge is 0.474 e. The standard InChI is InChI=1S/C28H22Cl2F3N3O2/c29-19-5-1-17(2-6-19)11-35-13-22-21-9-10-24(28(31,32)33)34-25(21)23-14-36(12-18-3-7-20(30)8-4-18)16-38-27(23)26(22)37-15-35/h1-10H,11-16H2. The Morgan fingerprint density at radius 1 is 0.711 bits per heavy atom. The SMILES string of the molecule is FC(F)(F)c1ccc2c3c(c4c(c2n1)CN(Cc1ccc(Cl)cc1)CO4)OCN(Cc1ccc(Cl)cc1)C3. The van der Waals surface area contributed by atoms with Crippen LogP contribution in [-0.2, 0) is 32.4 Å². The molecule has 196 valence electrons. The Morgan fingerprint density at radius 3 is 1.74 bits per heavy atom. The number of benzene rings is 3. The van der Waals surface area contributed by atoms with Crippen LogP contribution in [0.3, 0.4) is 0 Å². The Morgan fingerprint density at radius 2 is 1.21 bits per heavy atom. The van der Waals surface area contributed by atoms with E-state index < -0.39 is 11.9 Å². The van der Waals surface area contributed by atoms with Gasteiger partial charge in [0.05, 0.1) is 5.52 Å². The molecule has 6 rings (SSSR count). The Labute approximate surface area is 227 Å². The highest BCUT2D eigenvalue weighted by molar-refractivity contribution is 6.30. The van der Waals surface area contributed by atoms with Crippen molar-refractivity contribution in [1.82, 2.24) is 14.8 Å². The van der Waals surface area contributed by atoms with E-state index in [1.807, 2.05) is 53.4 Å². The van der Waals surface area contributed by atoms with E-state index in [-0.39, 0.29) is 12.2 Å². The van der Waals surface area contributed by atoms with Crippen LogP contribution in [0.2, 0.25) is 10.0 Å². The molecule has 3 aromatic carbocycles. The van der Waals surface area contributed by atoms with Gasteiger partial charge >= 0.3 is 6.18 Å². The molecular weight excluding hydrogens is 538 g/mol. The van der Waals surface area contributed by atoms with Gasteiger partial charge in [-0.3, -0.25) is 9.80 Å². The molecule has 5 nitrogen and oxygen atoms in total. The van der Waals surface area contributed by atoms with Crippen LogP contribution in [-0.4, -0.2) is 28.2 Å². The number of aromatic nitrogens is 1. The summed E-state index contributed by atoms with van der Waals surface area (Å²) < 4.78 is 53.3. The van der Waals surface area contributed by atoms with Crippen molar-refractivity contribution in [3.05, 3.63) is 98.7 Å². The number of alkyl halides is 3. The van der Waals surface area contributed by atoms with Gasteiger partial charge in [-0.15, -0.1) is 0 Å². The molecule has 0 amide bonds. The highest BCUT2D eigenvalue weighted by Crippen LogP contribution is 2.46. The van der Waals surface area contributed by atoms with Gasteiger partial charge in [-0.05, 0) is 41.5 Å². The minimum atomic E-state index is -4.56. The van der Waals surface area contributed by atoms with Crippen LogP contribution in [0.5, 0.6) is 11.5 Å². The van der Waals surface area contributed by atoms with E-state index in [0.717, 1.165) is 22.8 Å². The number of hydrogen-bond acceptors (Lipinski definition) is 5. The average Bonchev–Trinajstić information content (AvgIpc) is 2.90. The van der Waals surface area contributed by atoms with Crippen LogP contribution in [0.4, 0.5) is 13.2 Å². The first-order valence-corrected chi connectivity index (χ1v) is 12.7. The van der Waals surface area contributed by atoms with E-state index in [0.29, 0.717) is 65.4 Å². The summed E-state index contributed by atoms with van der Waals surface area (Å²) in [6.45, 7) is 2.58. The van der Waals surface area contributed by atoms with Crippen molar-refractivity contribution in [2.75, 3.05) is 13.5 Å². The number of ether oxygens (including phenoxy) is 2. The summed E-state index contributed by atoms with van der Waals surface area (Å²) in [4.78, 5) is 8.18. The quantitative estimate of drug-likeness (QED) is 0.263. The third-order valence-corrected chi connectivity index (χ3v) is 7.24. The first-order chi connectivity index (χ1) is 18.2. The van der Waals surface area contributed by atoms with Crippen molar-refractivity contribution in [1.29, 1.82) is 0 Å². The maximum atomic E-state index is 13.7. The summed E-state index contributed by atoms with van der Waals surface area (Å²) in [5.41, 5.74) is 2.78. The Bertz CT molecular complexity index is 1500. The summed E-state index contributed by atoms with van der Waals surface area (Å²) in [5.74, 6) is 1.05. The lowest BCUT2D eigenvalue weighted by molar-refractivity contribution is -0.140. The molecule has 0 radical (unpaired) electrons. The fourth-order valence-corrected chi connectivity index (χ4v) is 5.20. The molecule has 0 atom stereocenters. The van der Waals surface area contributed by atoms with Gasteiger partial charge in [0.2, 0.25) is 0 Å². The van der Waals surface area contributed by atoms with Gasteiger partial charge in [0.1, 0.15) is 19.2 Å². The molecular formula is C28H22Cl2F3N3O2. The van der Waals surface area contributed by atoms with Crippen LogP contribution in [0.25, 0.3) is 10.9 Å². The van der Waals surface area contributed by atoms with E-state index >= 15 is 0 Å². The van der Waals surface area contributed by atoms with Crippen molar-refractivity contribution in [3.63, 3.8) is 0 Å². The van der Waals surface area contributed by atoms with Gasteiger partial charge in [-0.25, -0.2) is 4.98 Å². The highest BCUT2D eigenvalue weighted by Gasteiger charge is 2.36. The maximum absolute atomic E-state index is 13.7. The third kappa shape index (κ3) is 5.01. The molecule has 2 aliphatic rings. The zero-order chi connectivity index (χ0) is 26.4. The monoisotopic (exact) mass is 559 g/mol. The predicted molar refractivity (Wildman–Crippen MR) is 139 cm³/mol. The molecule has 0 saturated heterocycles. The molecule has 3 heterocycles.